The highest BCUT2D eigenvalue weighted by molar-refractivity contribution is 5.94. The first-order valence-electron chi connectivity index (χ1n) is 7.31. The molecular formula is C18H20N2O. The Labute approximate surface area is 125 Å². The van der Waals surface area contributed by atoms with Crippen LogP contribution in [0.1, 0.15) is 18.2 Å². The molecular weight excluding hydrogens is 260 g/mol. The summed E-state index contributed by atoms with van der Waals surface area (Å²) in [6.07, 6.45) is 1.74. The molecule has 0 unspecified atom stereocenters. The van der Waals surface area contributed by atoms with E-state index < -0.39 is 0 Å². The summed E-state index contributed by atoms with van der Waals surface area (Å²) >= 11 is 0. The summed E-state index contributed by atoms with van der Waals surface area (Å²) in [7, 11) is 0. The molecule has 0 saturated heterocycles. The Morgan fingerprint density at radius 1 is 1.10 bits per heavy atom. The van der Waals surface area contributed by atoms with Crippen molar-refractivity contribution in [2.24, 2.45) is 5.73 Å². The van der Waals surface area contributed by atoms with Crippen LogP contribution in [0.3, 0.4) is 0 Å². The first kappa shape index (κ1) is 13.7. The van der Waals surface area contributed by atoms with E-state index in [0.717, 1.165) is 24.4 Å². The van der Waals surface area contributed by atoms with Gasteiger partial charge in [-0.3, -0.25) is 0 Å². The van der Waals surface area contributed by atoms with E-state index in [-0.39, 0.29) is 0 Å². The molecule has 0 amide bonds. The van der Waals surface area contributed by atoms with Crippen LogP contribution in [0.25, 0.3) is 10.8 Å². The van der Waals surface area contributed by atoms with E-state index in [9.17, 15) is 0 Å². The predicted octanol–water partition coefficient (Wildman–Crippen LogP) is 3.92. The first-order chi connectivity index (χ1) is 10.3. The van der Waals surface area contributed by atoms with Crippen LogP contribution in [0, 0.1) is 0 Å². The average Bonchev–Trinajstić information content (AvgIpc) is 3.00. The molecule has 2 aromatic carbocycles. The van der Waals surface area contributed by atoms with Gasteiger partial charge in [0.05, 0.1) is 12.8 Å². The Hall–Kier alpha value is -2.26. The minimum Gasteiger partial charge on any atom is -0.467 e. The maximum absolute atomic E-state index is 5.64. The molecule has 0 aliphatic carbocycles. The van der Waals surface area contributed by atoms with Gasteiger partial charge in [-0.15, -0.1) is 0 Å². The highest BCUT2D eigenvalue weighted by Crippen LogP contribution is 2.28. The van der Waals surface area contributed by atoms with Crippen molar-refractivity contribution in [1.82, 2.24) is 0 Å². The lowest BCUT2D eigenvalue weighted by atomic mass is 10.1. The number of fused-ring (bicyclic) bond motifs is 1. The summed E-state index contributed by atoms with van der Waals surface area (Å²) in [5, 5.41) is 2.53. The number of hydrogen-bond donors (Lipinski definition) is 1. The molecule has 0 radical (unpaired) electrons. The van der Waals surface area contributed by atoms with Crippen molar-refractivity contribution in [3.63, 3.8) is 0 Å². The SMILES string of the molecule is CCN(Cc1cc(CN)co1)c1cccc2ccccc12. The molecule has 1 heterocycles. The molecule has 21 heavy (non-hydrogen) atoms. The highest BCUT2D eigenvalue weighted by Gasteiger charge is 2.11. The molecule has 0 aliphatic rings. The summed E-state index contributed by atoms with van der Waals surface area (Å²) in [5.41, 5.74) is 7.92. The quantitative estimate of drug-likeness (QED) is 0.770. The number of furan rings is 1. The van der Waals surface area contributed by atoms with Gasteiger partial charge in [0.1, 0.15) is 5.76 Å². The van der Waals surface area contributed by atoms with Crippen LogP contribution in [0.2, 0.25) is 0 Å². The third-order valence-corrected chi connectivity index (χ3v) is 3.78. The van der Waals surface area contributed by atoms with Crippen molar-refractivity contribution in [3.8, 4) is 0 Å². The number of anilines is 1. The zero-order valence-electron chi connectivity index (χ0n) is 12.3. The second kappa shape index (κ2) is 6.02. The van der Waals surface area contributed by atoms with Crippen molar-refractivity contribution in [1.29, 1.82) is 0 Å². The molecule has 0 bridgehead atoms. The van der Waals surface area contributed by atoms with E-state index in [1.54, 1.807) is 6.26 Å². The van der Waals surface area contributed by atoms with Gasteiger partial charge in [-0.2, -0.15) is 0 Å². The predicted molar refractivity (Wildman–Crippen MR) is 87.3 cm³/mol. The zero-order valence-corrected chi connectivity index (χ0v) is 12.3. The number of nitrogens with zero attached hydrogens (tertiary/aromatic N) is 1. The van der Waals surface area contributed by atoms with Crippen molar-refractivity contribution in [2.75, 3.05) is 11.4 Å². The summed E-state index contributed by atoms with van der Waals surface area (Å²) in [6.45, 7) is 4.36. The molecule has 0 fully saturated rings. The molecule has 3 nitrogen and oxygen atoms in total. The fourth-order valence-electron chi connectivity index (χ4n) is 2.66. The molecule has 1 aromatic heterocycles. The van der Waals surface area contributed by atoms with E-state index in [1.165, 1.54) is 16.5 Å². The topological polar surface area (TPSA) is 42.4 Å². The average molecular weight is 280 g/mol. The van der Waals surface area contributed by atoms with Crippen LogP contribution in [0.4, 0.5) is 5.69 Å². The largest absolute Gasteiger partial charge is 0.467 e. The molecule has 3 heteroatoms. The van der Waals surface area contributed by atoms with Crippen LogP contribution in [-0.4, -0.2) is 6.54 Å². The Morgan fingerprint density at radius 2 is 1.90 bits per heavy atom. The van der Waals surface area contributed by atoms with Crippen molar-refractivity contribution in [2.45, 2.75) is 20.0 Å². The number of hydrogen-bond acceptors (Lipinski definition) is 3. The van der Waals surface area contributed by atoms with E-state index in [0.29, 0.717) is 6.54 Å². The summed E-state index contributed by atoms with van der Waals surface area (Å²) in [4.78, 5) is 2.32. The van der Waals surface area contributed by atoms with Gasteiger partial charge in [0.2, 0.25) is 0 Å². The molecule has 0 spiro atoms. The number of rotatable bonds is 5. The van der Waals surface area contributed by atoms with Crippen LogP contribution in [-0.2, 0) is 13.1 Å². The third-order valence-electron chi connectivity index (χ3n) is 3.78. The maximum Gasteiger partial charge on any atom is 0.123 e. The standard InChI is InChI=1S/C18H20N2O/c1-2-20(12-16-10-14(11-19)13-21-16)18-9-5-7-15-6-3-4-8-17(15)18/h3-10,13H,2,11-12,19H2,1H3. The summed E-state index contributed by atoms with van der Waals surface area (Å²) in [6, 6.07) is 16.9. The summed E-state index contributed by atoms with van der Waals surface area (Å²) in [5.74, 6) is 0.949. The third kappa shape index (κ3) is 2.78. The fourth-order valence-corrected chi connectivity index (χ4v) is 2.66. The second-order valence-electron chi connectivity index (χ2n) is 5.14. The highest BCUT2D eigenvalue weighted by atomic mass is 16.3. The smallest absolute Gasteiger partial charge is 0.123 e. The molecule has 2 N–H and O–H groups in total. The molecule has 0 aliphatic heterocycles. The molecule has 0 saturated carbocycles. The van der Waals surface area contributed by atoms with E-state index in [2.05, 4.69) is 54.3 Å². The van der Waals surface area contributed by atoms with Gasteiger partial charge < -0.3 is 15.1 Å². The van der Waals surface area contributed by atoms with Crippen LogP contribution in [0.5, 0.6) is 0 Å². The minimum atomic E-state index is 0.518. The lowest BCUT2D eigenvalue weighted by molar-refractivity contribution is 0.502. The number of nitrogens with two attached hydrogens (primary N) is 1. The van der Waals surface area contributed by atoms with Gasteiger partial charge >= 0.3 is 0 Å². The van der Waals surface area contributed by atoms with Gasteiger partial charge in [-0.05, 0) is 24.4 Å². The summed E-state index contributed by atoms with van der Waals surface area (Å²) < 4.78 is 5.60. The van der Waals surface area contributed by atoms with Crippen molar-refractivity contribution in [3.05, 3.63) is 66.1 Å². The zero-order chi connectivity index (χ0) is 14.7. The van der Waals surface area contributed by atoms with Crippen LogP contribution >= 0.6 is 0 Å². The molecule has 3 aromatic rings. The van der Waals surface area contributed by atoms with E-state index in [1.807, 2.05) is 6.07 Å². The normalized spacial score (nSPS) is 11.0. The Balaban J connectivity index is 1.94. The monoisotopic (exact) mass is 280 g/mol. The fraction of sp³-hybridized carbons (Fsp3) is 0.222. The Bertz CT molecular complexity index is 727. The van der Waals surface area contributed by atoms with Gasteiger partial charge in [0.15, 0.2) is 0 Å². The van der Waals surface area contributed by atoms with Crippen molar-refractivity contribution >= 4 is 16.5 Å². The first-order valence-corrected chi connectivity index (χ1v) is 7.31. The maximum atomic E-state index is 5.64. The Morgan fingerprint density at radius 3 is 2.67 bits per heavy atom. The van der Waals surface area contributed by atoms with Gasteiger partial charge in [-0.25, -0.2) is 0 Å². The van der Waals surface area contributed by atoms with Crippen LogP contribution < -0.4 is 10.6 Å². The van der Waals surface area contributed by atoms with E-state index >= 15 is 0 Å². The van der Waals surface area contributed by atoms with Gasteiger partial charge in [0.25, 0.3) is 0 Å². The molecule has 3 rings (SSSR count). The second-order valence-corrected chi connectivity index (χ2v) is 5.14. The van der Waals surface area contributed by atoms with Gasteiger partial charge in [-0.1, -0.05) is 36.4 Å². The molecule has 108 valence electrons. The number of benzene rings is 2. The van der Waals surface area contributed by atoms with Crippen molar-refractivity contribution < 1.29 is 4.42 Å². The van der Waals surface area contributed by atoms with Crippen LogP contribution in [0.15, 0.2) is 59.2 Å². The van der Waals surface area contributed by atoms with E-state index in [4.69, 9.17) is 10.2 Å². The van der Waals surface area contributed by atoms with Gasteiger partial charge in [0, 0.05) is 29.7 Å². The minimum absolute atomic E-state index is 0.518. The lowest BCUT2D eigenvalue weighted by Crippen LogP contribution is -2.21. The lowest BCUT2D eigenvalue weighted by Gasteiger charge is -2.23. The molecule has 0 atom stereocenters. The Kier molecular flexibility index (Phi) is 3.93.